The zero-order valence-electron chi connectivity index (χ0n) is 12.7. The van der Waals surface area contributed by atoms with Crippen LogP contribution in [-0.2, 0) is 11.2 Å². The van der Waals surface area contributed by atoms with Crippen molar-refractivity contribution in [3.63, 3.8) is 0 Å². The molecule has 2 amide bonds. The van der Waals surface area contributed by atoms with E-state index in [1.165, 1.54) is 23.5 Å². The van der Waals surface area contributed by atoms with Crippen molar-refractivity contribution in [2.45, 2.75) is 6.42 Å². The van der Waals surface area contributed by atoms with Gasteiger partial charge in [0.2, 0.25) is 5.91 Å². The number of aromatic nitrogens is 2. The van der Waals surface area contributed by atoms with Gasteiger partial charge in [-0.05, 0) is 18.2 Å². The molecule has 0 atom stereocenters. The summed E-state index contributed by atoms with van der Waals surface area (Å²) in [5.41, 5.74) is -0.154. The summed E-state index contributed by atoms with van der Waals surface area (Å²) in [6.07, 6.45) is 0.326. The molecular formula is C15H15ClN4O3S. The van der Waals surface area contributed by atoms with Crippen LogP contribution in [0.1, 0.15) is 15.4 Å². The summed E-state index contributed by atoms with van der Waals surface area (Å²) in [4.78, 5) is 39.9. The molecule has 0 aliphatic carbocycles. The zero-order chi connectivity index (χ0) is 17.1. The first-order valence-corrected chi connectivity index (χ1v) is 8.59. The van der Waals surface area contributed by atoms with Gasteiger partial charge in [-0.15, -0.1) is 11.3 Å². The van der Waals surface area contributed by atoms with E-state index in [1.807, 2.05) is 6.07 Å². The largest absolute Gasteiger partial charge is 0.339 e. The van der Waals surface area contributed by atoms with Crippen molar-refractivity contribution in [3.8, 4) is 0 Å². The molecule has 9 heteroatoms. The van der Waals surface area contributed by atoms with Crippen LogP contribution >= 0.6 is 22.9 Å². The number of nitrogens with zero attached hydrogens (tertiary/aromatic N) is 3. The Balaban J connectivity index is 1.55. The van der Waals surface area contributed by atoms with E-state index in [1.54, 1.807) is 15.9 Å². The monoisotopic (exact) mass is 366 g/mol. The van der Waals surface area contributed by atoms with Gasteiger partial charge in [0.05, 0.1) is 10.8 Å². The van der Waals surface area contributed by atoms with E-state index in [4.69, 9.17) is 11.6 Å². The van der Waals surface area contributed by atoms with Gasteiger partial charge in [0.25, 0.3) is 11.5 Å². The molecule has 0 spiro atoms. The number of carbonyl (C=O) groups is 2. The van der Waals surface area contributed by atoms with Crippen molar-refractivity contribution in [3.05, 3.63) is 49.5 Å². The fraction of sp³-hybridized carbons (Fsp3) is 0.333. The summed E-state index contributed by atoms with van der Waals surface area (Å²) in [5.74, 6) is -0.217. The normalized spacial score (nSPS) is 14.7. The minimum absolute atomic E-state index is 0.0304. The maximum atomic E-state index is 12.3. The van der Waals surface area contributed by atoms with E-state index < -0.39 is 0 Å². The Labute approximate surface area is 146 Å². The predicted octanol–water partition coefficient (Wildman–Crippen LogP) is 1.01. The van der Waals surface area contributed by atoms with Crippen molar-refractivity contribution in [2.24, 2.45) is 0 Å². The number of halogens is 1. The van der Waals surface area contributed by atoms with E-state index in [0.29, 0.717) is 36.9 Å². The van der Waals surface area contributed by atoms with Gasteiger partial charge in [0, 0.05) is 37.1 Å². The second-order valence-electron chi connectivity index (χ2n) is 5.36. The third kappa shape index (κ3) is 3.82. The van der Waals surface area contributed by atoms with Crippen molar-refractivity contribution in [2.75, 3.05) is 26.2 Å². The van der Waals surface area contributed by atoms with Gasteiger partial charge in [0.15, 0.2) is 0 Å². The minimum atomic E-state index is -0.351. The molecule has 0 radical (unpaired) electrons. The number of aromatic amines is 1. The average molecular weight is 367 g/mol. The number of thiophene rings is 1. The lowest BCUT2D eigenvalue weighted by Gasteiger charge is -2.34. The lowest BCUT2D eigenvalue weighted by atomic mass is 10.2. The molecule has 0 aromatic carbocycles. The summed E-state index contributed by atoms with van der Waals surface area (Å²) in [7, 11) is 0. The second-order valence-corrected chi connectivity index (χ2v) is 7.16. The second kappa shape index (κ2) is 7.14. The van der Waals surface area contributed by atoms with E-state index in [2.05, 4.69) is 10.2 Å². The van der Waals surface area contributed by atoms with Crippen LogP contribution in [0.3, 0.4) is 0 Å². The molecule has 1 N–H and O–H groups in total. The number of carbonyl (C=O) groups excluding carboxylic acids is 2. The smallest absolute Gasteiger partial charge is 0.274 e. The molecule has 126 valence electrons. The van der Waals surface area contributed by atoms with Gasteiger partial charge in [-0.3, -0.25) is 14.4 Å². The molecule has 7 nitrogen and oxygen atoms in total. The third-order valence-electron chi connectivity index (χ3n) is 3.77. The highest BCUT2D eigenvalue weighted by atomic mass is 35.5. The molecule has 1 fully saturated rings. The molecule has 0 unspecified atom stereocenters. The first kappa shape index (κ1) is 16.7. The molecule has 24 heavy (non-hydrogen) atoms. The molecular weight excluding hydrogens is 352 g/mol. The number of amides is 2. The number of hydrogen-bond acceptors (Lipinski definition) is 5. The molecule has 2 aromatic heterocycles. The van der Waals surface area contributed by atoms with Crippen LogP contribution in [0, 0.1) is 0 Å². The molecule has 0 saturated carbocycles. The molecule has 1 aliphatic rings. The van der Waals surface area contributed by atoms with Crippen LogP contribution in [-0.4, -0.2) is 58.0 Å². The summed E-state index contributed by atoms with van der Waals surface area (Å²) < 4.78 is 0.668. The average Bonchev–Trinajstić information content (AvgIpc) is 3.00. The first-order valence-electron chi connectivity index (χ1n) is 7.40. The minimum Gasteiger partial charge on any atom is -0.339 e. The molecule has 1 aliphatic heterocycles. The summed E-state index contributed by atoms with van der Waals surface area (Å²) in [5, 5.41) is 5.99. The van der Waals surface area contributed by atoms with Crippen LogP contribution in [0.15, 0.2) is 29.1 Å². The highest BCUT2D eigenvalue weighted by Gasteiger charge is 2.25. The summed E-state index contributed by atoms with van der Waals surface area (Å²) >= 11 is 7.27. The van der Waals surface area contributed by atoms with Gasteiger partial charge < -0.3 is 9.80 Å². The topological polar surface area (TPSA) is 86.4 Å². The van der Waals surface area contributed by atoms with E-state index in [0.717, 1.165) is 4.88 Å². The van der Waals surface area contributed by atoms with Gasteiger partial charge in [-0.25, -0.2) is 5.10 Å². The van der Waals surface area contributed by atoms with E-state index in [-0.39, 0.29) is 23.1 Å². The molecule has 1 saturated heterocycles. The number of H-pyrrole nitrogens is 1. The van der Waals surface area contributed by atoms with Gasteiger partial charge in [-0.2, -0.15) is 5.10 Å². The maximum Gasteiger partial charge on any atom is 0.274 e. The number of nitrogens with one attached hydrogen (secondary N) is 1. The highest BCUT2D eigenvalue weighted by molar-refractivity contribution is 7.16. The van der Waals surface area contributed by atoms with Crippen molar-refractivity contribution in [1.29, 1.82) is 0 Å². The Morgan fingerprint density at radius 2 is 1.83 bits per heavy atom. The SMILES string of the molecule is O=C(Cc1ccc(Cl)s1)N1CCN(C(=O)c2ccc(=O)[nH]n2)CC1. The van der Waals surface area contributed by atoms with Crippen LogP contribution < -0.4 is 5.56 Å². The van der Waals surface area contributed by atoms with Gasteiger partial charge >= 0.3 is 0 Å². The quantitative estimate of drug-likeness (QED) is 0.878. The van der Waals surface area contributed by atoms with Crippen molar-refractivity contribution < 1.29 is 9.59 Å². The highest BCUT2D eigenvalue weighted by Crippen LogP contribution is 2.22. The third-order valence-corrected chi connectivity index (χ3v) is 5.00. The van der Waals surface area contributed by atoms with Crippen LogP contribution in [0.4, 0.5) is 0 Å². The Bertz CT molecular complexity index is 791. The number of hydrogen-bond donors (Lipinski definition) is 1. The van der Waals surface area contributed by atoms with Crippen LogP contribution in [0.2, 0.25) is 4.34 Å². The Morgan fingerprint density at radius 3 is 2.42 bits per heavy atom. The van der Waals surface area contributed by atoms with Crippen molar-refractivity contribution >= 4 is 34.8 Å². The molecule has 0 bridgehead atoms. The van der Waals surface area contributed by atoms with Crippen LogP contribution in [0.25, 0.3) is 0 Å². The number of piperazine rings is 1. The number of rotatable bonds is 3. The Hall–Kier alpha value is -2.19. The summed E-state index contributed by atoms with van der Waals surface area (Å²) in [6.45, 7) is 1.84. The lowest BCUT2D eigenvalue weighted by molar-refractivity contribution is -0.131. The Kier molecular flexibility index (Phi) is 4.96. The zero-order valence-corrected chi connectivity index (χ0v) is 14.3. The lowest BCUT2D eigenvalue weighted by Crippen LogP contribution is -2.51. The molecule has 2 aromatic rings. The van der Waals surface area contributed by atoms with Gasteiger partial charge in [0.1, 0.15) is 5.69 Å². The summed E-state index contributed by atoms with van der Waals surface area (Å²) in [6, 6.07) is 6.31. The van der Waals surface area contributed by atoms with E-state index >= 15 is 0 Å². The molecule has 3 rings (SSSR count). The fourth-order valence-electron chi connectivity index (χ4n) is 2.49. The maximum absolute atomic E-state index is 12.3. The Morgan fingerprint density at radius 1 is 1.12 bits per heavy atom. The van der Waals surface area contributed by atoms with E-state index in [9.17, 15) is 14.4 Å². The fourth-order valence-corrected chi connectivity index (χ4v) is 3.57. The van der Waals surface area contributed by atoms with Crippen molar-refractivity contribution in [1.82, 2.24) is 20.0 Å². The standard InChI is InChI=1S/C15H15ClN4O3S/c16-12-3-1-10(24-12)9-14(22)19-5-7-20(8-6-19)15(23)11-2-4-13(21)18-17-11/h1-4H,5-9H2,(H,18,21). The first-order chi connectivity index (χ1) is 11.5. The molecule has 3 heterocycles. The predicted molar refractivity (Wildman–Crippen MR) is 90.4 cm³/mol. The van der Waals surface area contributed by atoms with Crippen LogP contribution in [0.5, 0.6) is 0 Å². The van der Waals surface area contributed by atoms with Gasteiger partial charge in [-0.1, -0.05) is 11.6 Å².